The van der Waals surface area contributed by atoms with Crippen LogP contribution in [0.15, 0.2) is 0 Å². The van der Waals surface area contributed by atoms with Crippen LogP contribution in [0.3, 0.4) is 0 Å². The van der Waals surface area contributed by atoms with Crippen LogP contribution in [0.25, 0.3) is 0 Å². The minimum Gasteiger partial charge on any atom is -0.350 e. The second-order valence-electron chi connectivity index (χ2n) is 5.96. The third-order valence-electron chi connectivity index (χ3n) is 3.29. The smallest absolute Gasteiger partial charge is 0.191 e. The molecule has 0 aliphatic rings. The van der Waals surface area contributed by atoms with E-state index < -0.39 is 0 Å². The minimum atomic E-state index is -0.194. The average Bonchev–Trinajstić information content (AvgIpc) is 2.43. The Morgan fingerprint density at radius 2 is 1.40 bits per heavy atom. The van der Waals surface area contributed by atoms with Gasteiger partial charge in [-0.25, -0.2) is 9.78 Å². The average molecular weight is 288 g/mol. The number of unbranched alkanes of at least 4 members (excludes halogenated alkanes) is 5. The van der Waals surface area contributed by atoms with Gasteiger partial charge in [0.25, 0.3) is 0 Å². The monoisotopic (exact) mass is 288 g/mol. The zero-order valence-corrected chi connectivity index (χ0v) is 14.2. The Labute approximate surface area is 126 Å². The quantitative estimate of drug-likeness (QED) is 0.173. The molecule has 3 heteroatoms. The van der Waals surface area contributed by atoms with Crippen molar-refractivity contribution in [2.75, 3.05) is 13.2 Å². The summed E-state index contributed by atoms with van der Waals surface area (Å²) in [6, 6.07) is 0. The first kappa shape index (κ1) is 19.9. The summed E-state index contributed by atoms with van der Waals surface area (Å²) in [5.74, 6) is 0.671. The first-order valence-electron chi connectivity index (χ1n) is 8.60. The van der Waals surface area contributed by atoms with Crippen molar-refractivity contribution in [1.82, 2.24) is 0 Å². The van der Waals surface area contributed by atoms with E-state index in [-0.39, 0.29) is 6.29 Å². The summed E-state index contributed by atoms with van der Waals surface area (Å²) < 4.78 is 5.78. The molecule has 1 unspecified atom stereocenters. The van der Waals surface area contributed by atoms with Crippen LogP contribution in [-0.4, -0.2) is 19.5 Å². The van der Waals surface area contributed by atoms with E-state index in [2.05, 4.69) is 27.7 Å². The van der Waals surface area contributed by atoms with E-state index >= 15 is 0 Å². The van der Waals surface area contributed by atoms with Gasteiger partial charge in [-0.2, -0.15) is 0 Å². The molecule has 0 aliphatic carbocycles. The normalized spacial score (nSPS) is 13.1. The molecule has 0 spiro atoms. The maximum absolute atomic E-state index is 5.78. The van der Waals surface area contributed by atoms with Crippen molar-refractivity contribution in [2.24, 2.45) is 5.92 Å². The van der Waals surface area contributed by atoms with Gasteiger partial charge in [0.05, 0.1) is 6.61 Å². The summed E-state index contributed by atoms with van der Waals surface area (Å²) in [6.45, 7) is 10.3. The molecule has 0 aromatic heterocycles. The maximum Gasteiger partial charge on any atom is 0.191 e. The Morgan fingerprint density at radius 1 is 0.750 bits per heavy atom. The van der Waals surface area contributed by atoms with E-state index in [1.165, 1.54) is 32.1 Å². The molecule has 0 saturated heterocycles. The second kappa shape index (κ2) is 15.3. The van der Waals surface area contributed by atoms with E-state index in [1.54, 1.807) is 0 Å². The number of ether oxygens (including phenoxy) is 1. The van der Waals surface area contributed by atoms with Gasteiger partial charge in [-0.3, -0.25) is 0 Å². The fourth-order valence-electron chi connectivity index (χ4n) is 1.91. The Balaban J connectivity index is 3.68. The first-order chi connectivity index (χ1) is 9.70. The molecule has 0 saturated carbocycles. The molecule has 0 N–H and O–H groups in total. The van der Waals surface area contributed by atoms with Gasteiger partial charge in [0.2, 0.25) is 0 Å². The largest absolute Gasteiger partial charge is 0.350 e. The van der Waals surface area contributed by atoms with Gasteiger partial charge in [-0.05, 0) is 25.2 Å². The number of rotatable bonds is 15. The molecular weight excluding hydrogens is 252 g/mol. The molecule has 0 aromatic carbocycles. The Hall–Kier alpha value is -0.120. The van der Waals surface area contributed by atoms with Crippen LogP contribution in [-0.2, 0) is 14.5 Å². The zero-order valence-electron chi connectivity index (χ0n) is 14.2. The fraction of sp³-hybridized carbons (Fsp3) is 1.00. The molecule has 1 atom stereocenters. The lowest BCUT2D eigenvalue weighted by molar-refractivity contribution is -0.380. The second-order valence-corrected chi connectivity index (χ2v) is 5.96. The lowest BCUT2D eigenvalue weighted by Gasteiger charge is -2.18. The van der Waals surface area contributed by atoms with Crippen molar-refractivity contribution in [3.8, 4) is 0 Å². The van der Waals surface area contributed by atoms with Crippen LogP contribution in [0.2, 0.25) is 0 Å². The number of hydrogen-bond acceptors (Lipinski definition) is 3. The molecular formula is C17H36O3. The molecule has 3 nitrogen and oxygen atoms in total. The zero-order chi connectivity index (χ0) is 15.1. The highest BCUT2D eigenvalue weighted by Gasteiger charge is 2.11. The van der Waals surface area contributed by atoms with Crippen LogP contribution in [0.4, 0.5) is 0 Å². The topological polar surface area (TPSA) is 27.7 Å². The maximum atomic E-state index is 5.78. The molecule has 0 aliphatic heterocycles. The van der Waals surface area contributed by atoms with Crippen molar-refractivity contribution >= 4 is 0 Å². The molecule has 0 aromatic rings. The van der Waals surface area contributed by atoms with Gasteiger partial charge in [0.1, 0.15) is 0 Å². The van der Waals surface area contributed by atoms with Gasteiger partial charge >= 0.3 is 0 Å². The SMILES string of the molecule is CCCCCCOOC(CCC(C)C)OCCCCC. The number of hydrogen-bond donors (Lipinski definition) is 0. The van der Waals surface area contributed by atoms with Crippen LogP contribution >= 0.6 is 0 Å². The molecule has 0 amide bonds. The summed E-state index contributed by atoms with van der Waals surface area (Å²) >= 11 is 0. The van der Waals surface area contributed by atoms with Gasteiger partial charge in [0, 0.05) is 13.0 Å². The van der Waals surface area contributed by atoms with Gasteiger partial charge in [-0.1, -0.05) is 59.8 Å². The first-order valence-corrected chi connectivity index (χ1v) is 8.60. The Kier molecular flexibility index (Phi) is 15.2. The molecule has 0 bridgehead atoms. The predicted molar refractivity (Wildman–Crippen MR) is 84.5 cm³/mol. The molecule has 0 heterocycles. The summed E-state index contributed by atoms with van der Waals surface area (Å²) in [6.07, 6.45) is 10.2. The molecule has 20 heavy (non-hydrogen) atoms. The van der Waals surface area contributed by atoms with E-state index in [0.717, 1.165) is 32.3 Å². The standard InChI is InChI=1S/C17H36O3/c1-5-7-9-11-15-19-20-17(13-12-16(3)4)18-14-10-8-6-2/h16-17H,5-15H2,1-4H3. The van der Waals surface area contributed by atoms with Gasteiger partial charge in [-0.15, -0.1) is 0 Å². The third kappa shape index (κ3) is 14.3. The van der Waals surface area contributed by atoms with Crippen LogP contribution in [0.5, 0.6) is 0 Å². The van der Waals surface area contributed by atoms with Crippen molar-refractivity contribution in [1.29, 1.82) is 0 Å². The summed E-state index contributed by atoms with van der Waals surface area (Å²) in [5, 5.41) is 0. The van der Waals surface area contributed by atoms with E-state index in [0.29, 0.717) is 12.5 Å². The van der Waals surface area contributed by atoms with Crippen molar-refractivity contribution in [3.63, 3.8) is 0 Å². The van der Waals surface area contributed by atoms with Crippen molar-refractivity contribution in [2.45, 2.75) is 91.8 Å². The fourth-order valence-corrected chi connectivity index (χ4v) is 1.91. The minimum absolute atomic E-state index is 0.194. The highest BCUT2D eigenvalue weighted by molar-refractivity contribution is 4.50. The Morgan fingerprint density at radius 3 is 2.05 bits per heavy atom. The van der Waals surface area contributed by atoms with E-state index in [1.807, 2.05) is 0 Å². The van der Waals surface area contributed by atoms with Crippen LogP contribution in [0.1, 0.15) is 85.5 Å². The highest BCUT2D eigenvalue weighted by atomic mass is 17.2. The summed E-state index contributed by atoms with van der Waals surface area (Å²) in [5.41, 5.74) is 0. The van der Waals surface area contributed by atoms with Gasteiger partial charge < -0.3 is 4.74 Å². The third-order valence-corrected chi connectivity index (χ3v) is 3.29. The molecule has 0 fully saturated rings. The molecule has 0 rings (SSSR count). The lowest BCUT2D eigenvalue weighted by atomic mass is 10.1. The molecule has 122 valence electrons. The Bertz CT molecular complexity index is 183. The summed E-state index contributed by atoms with van der Waals surface area (Å²) in [7, 11) is 0. The predicted octanol–water partition coefficient (Wildman–Crippen LogP) is 5.48. The lowest BCUT2D eigenvalue weighted by Crippen LogP contribution is -2.19. The summed E-state index contributed by atoms with van der Waals surface area (Å²) in [4.78, 5) is 10.7. The van der Waals surface area contributed by atoms with Crippen molar-refractivity contribution < 1.29 is 14.5 Å². The van der Waals surface area contributed by atoms with Crippen molar-refractivity contribution in [3.05, 3.63) is 0 Å². The molecule has 0 radical (unpaired) electrons. The van der Waals surface area contributed by atoms with E-state index in [4.69, 9.17) is 14.5 Å². The van der Waals surface area contributed by atoms with Crippen LogP contribution < -0.4 is 0 Å². The van der Waals surface area contributed by atoms with E-state index in [9.17, 15) is 0 Å². The van der Waals surface area contributed by atoms with Crippen LogP contribution in [0, 0.1) is 5.92 Å². The highest BCUT2D eigenvalue weighted by Crippen LogP contribution is 2.12. The van der Waals surface area contributed by atoms with Gasteiger partial charge in [0.15, 0.2) is 6.29 Å².